The lowest BCUT2D eigenvalue weighted by Crippen LogP contribution is -2.38. The molecule has 0 N–H and O–H groups in total. The van der Waals surface area contributed by atoms with E-state index in [1.54, 1.807) is 15.7 Å². The summed E-state index contributed by atoms with van der Waals surface area (Å²) in [5.74, 6) is -0.737. The van der Waals surface area contributed by atoms with Gasteiger partial charge >= 0.3 is 5.97 Å². The summed E-state index contributed by atoms with van der Waals surface area (Å²) in [4.78, 5) is 26.1. The molecule has 0 spiro atoms. The van der Waals surface area contributed by atoms with E-state index in [2.05, 4.69) is 5.10 Å². The summed E-state index contributed by atoms with van der Waals surface area (Å²) in [5, 5.41) is 4.30. The highest BCUT2D eigenvalue weighted by Crippen LogP contribution is 2.26. The minimum absolute atomic E-state index is 0.201. The Morgan fingerprint density at radius 2 is 2.04 bits per heavy atom. The van der Waals surface area contributed by atoms with E-state index in [-0.39, 0.29) is 12.5 Å². The molecule has 2 aromatic rings. The first kappa shape index (κ1) is 17.9. The maximum absolute atomic E-state index is 12.5. The number of aryl methyl sites for hydroxylation is 3. The van der Waals surface area contributed by atoms with E-state index in [0.29, 0.717) is 6.54 Å². The fraction of sp³-hybridized carbons (Fsp3) is 0.350. The zero-order valence-corrected chi connectivity index (χ0v) is 15.4. The highest BCUT2D eigenvalue weighted by molar-refractivity contribution is 5.97. The van der Waals surface area contributed by atoms with Gasteiger partial charge in [-0.15, -0.1) is 0 Å². The number of ether oxygens (including phenoxy) is 1. The van der Waals surface area contributed by atoms with Crippen LogP contribution in [0.1, 0.15) is 28.9 Å². The number of hydrogen-bond donors (Lipinski definition) is 0. The number of carbonyl (C=O) groups excluding carboxylic acids is 2. The van der Waals surface area contributed by atoms with E-state index in [1.165, 1.54) is 6.08 Å². The van der Waals surface area contributed by atoms with Crippen LogP contribution in [0.4, 0.5) is 5.69 Å². The van der Waals surface area contributed by atoms with E-state index in [1.807, 2.05) is 45.2 Å². The number of rotatable bonds is 4. The Balaban J connectivity index is 1.60. The predicted molar refractivity (Wildman–Crippen MR) is 99.8 cm³/mol. The van der Waals surface area contributed by atoms with Gasteiger partial charge in [0.15, 0.2) is 6.61 Å². The quantitative estimate of drug-likeness (QED) is 0.626. The first-order chi connectivity index (χ1) is 12.5. The van der Waals surface area contributed by atoms with Gasteiger partial charge in [0.05, 0.1) is 5.69 Å². The molecular formula is C20H23N3O3. The molecule has 0 saturated heterocycles. The SMILES string of the molecule is Cc1nn(C)c(C)c1/C=C/C(=O)OCC(=O)N1CCCc2ccccc21. The van der Waals surface area contributed by atoms with Gasteiger partial charge in [-0.2, -0.15) is 5.10 Å². The summed E-state index contributed by atoms with van der Waals surface area (Å²) < 4.78 is 6.90. The molecule has 1 aliphatic heterocycles. The molecule has 1 amide bonds. The Kier molecular flexibility index (Phi) is 5.21. The Hall–Kier alpha value is -2.89. The second-order valence-electron chi connectivity index (χ2n) is 6.43. The van der Waals surface area contributed by atoms with Crippen LogP contribution >= 0.6 is 0 Å². The number of para-hydroxylation sites is 1. The molecule has 3 rings (SSSR count). The van der Waals surface area contributed by atoms with Gasteiger partial charge in [0.25, 0.3) is 5.91 Å². The molecule has 1 aromatic heterocycles. The van der Waals surface area contributed by atoms with E-state index < -0.39 is 5.97 Å². The van der Waals surface area contributed by atoms with E-state index >= 15 is 0 Å². The third-order valence-electron chi connectivity index (χ3n) is 4.70. The number of aromatic nitrogens is 2. The van der Waals surface area contributed by atoms with Crippen LogP contribution in [0.5, 0.6) is 0 Å². The molecule has 136 valence electrons. The topological polar surface area (TPSA) is 64.4 Å². The fourth-order valence-corrected chi connectivity index (χ4v) is 3.23. The lowest BCUT2D eigenvalue weighted by atomic mass is 10.0. The lowest BCUT2D eigenvalue weighted by molar-refractivity contribution is -0.142. The first-order valence-electron chi connectivity index (χ1n) is 8.70. The highest BCUT2D eigenvalue weighted by Gasteiger charge is 2.22. The Morgan fingerprint density at radius 3 is 2.77 bits per heavy atom. The zero-order chi connectivity index (χ0) is 18.7. The molecule has 0 unspecified atom stereocenters. The van der Waals surface area contributed by atoms with Crippen molar-refractivity contribution < 1.29 is 14.3 Å². The maximum Gasteiger partial charge on any atom is 0.331 e. The standard InChI is InChI=1S/C20H23N3O3/c1-14-17(15(2)22(3)21-14)10-11-20(25)26-13-19(24)23-12-6-8-16-7-4-5-9-18(16)23/h4-5,7,9-11H,6,8,12-13H2,1-3H3/b11-10+. The van der Waals surface area contributed by atoms with Gasteiger partial charge in [0.1, 0.15) is 0 Å². The summed E-state index contributed by atoms with van der Waals surface area (Å²) in [5.41, 5.74) is 4.76. The van der Waals surface area contributed by atoms with Gasteiger partial charge in [-0.1, -0.05) is 18.2 Å². The third kappa shape index (κ3) is 3.69. The van der Waals surface area contributed by atoms with Crippen LogP contribution in [0.2, 0.25) is 0 Å². The van der Waals surface area contributed by atoms with Crippen molar-refractivity contribution >= 4 is 23.6 Å². The summed E-state index contributed by atoms with van der Waals surface area (Å²) in [6, 6.07) is 7.85. The fourth-order valence-electron chi connectivity index (χ4n) is 3.23. The van der Waals surface area contributed by atoms with Gasteiger partial charge in [-0.3, -0.25) is 9.48 Å². The summed E-state index contributed by atoms with van der Waals surface area (Å²) in [6.45, 7) is 4.21. The van der Waals surface area contributed by atoms with Crippen LogP contribution in [0.15, 0.2) is 30.3 Å². The average molecular weight is 353 g/mol. The smallest absolute Gasteiger partial charge is 0.331 e. The summed E-state index contributed by atoms with van der Waals surface area (Å²) in [6.07, 6.45) is 4.90. The van der Waals surface area contributed by atoms with Gasteiger partial charge in [0, 0.05) is 36.6 Å². The van der Waals surface area contributed by atoms with Crippen LogP contribution in [0, 0.1) is 13.8 Å². The second kappa shape index (κ2) is 7.56. The molecule has 1 aliphatic rings. The Bertz CT molecular complexity index is 867. The molecule has 0 saturated carbocycles. The lowest BCUT2D eigenvalue weighted by Gasteiger charge is -2.29. The highest BCUT2D eigenvalue weighted by atomic mass is 16.5. The van der Waals surface area contributed by atoms with Gasteiger partial charge in [-0.25, -0.2) is 4.79 Å². The van der Waals surface area contributed by atoms with Gasteiger partial charge < -0.3 is 9.64 Å². The van der Waals surface area contributed by atoms with Gasteiger partial charge in [0.2, 0.25) is 0 Å². The average Bonchev–Trinajstić information content (AvgIpc) is 2.89. The third-order valence-corrected chi connectivity index (χ3v) is 4.70. The second-order valence-corrected chi connectivity index (χ2v) is 6.43. The summed E-state index contributed by atoms with van der Waals surface area (Å²) >= 11 is 0. The number of fused-ring (bicyclic) bond motifs is 1. The van der Waals surface area contributed by atoms with Crippen molar-refractivity contribution in [2.45, 2.75) is 26.7 Å². The van der Waals surface area contributed by atoms with E-state index in [9.17, 15) is 9.59 Å². The van der Waals surface area contributed by atoms with Crippen molar-refractivity contribution in [1.29, 1.82) is 0 Å². The molecule has 2 heterocycles. The van der Waals surface area contributed by atoms with Crippen LogP contribution in [0.3, 0.4) is 0 Å². The van der Waals surface area contributed by atoms with Crippen LogP contribution < -0.4 is 4.90 Å². The predicted octanol–water partition coefficient (Wildman–Crippen LogP) is 2.57. The largest absolute Gasteiger partial charge is 0.452 e. The first-order valence-corrected chi connectivity index (χ1v) is 8.70. The number of amides is 1. The van der Waals surface area contributed by atoms with Gasteiger partial charge in [-0.05, 0) is 44.4 Å². The van der Waals surface area contributed by atoms with Crippen molar-refractivity contribution in [3.63, 3.8) is 0 Å². The van der Waals surface area contributed by atoms with Crippen molar-refractivity contribution in [3.8, 4) is 0 Å². The normalized spacial score (nSPS) is 13.7. The number of hydrogen-bond acceptors (Lipinski definition) is 4. The molecule has 0 atom stereocenters. The number of carbonyl (C=O) groups is 2. The summed E-state index contributed by atoms with van der Waals surface area (Å²) in [7, 11) is 1.85. The minimum Gasteiger partial charge on any atom is -0.452 e. The van der Waals surface area contributed by atoms with Crippen LogP contribution in [-0.2, 0) is 27.8 Å². The van der Waals surface area contributed by atoms with Crippen molar-refractivity contribution in [1.82, 2.24) is 9.78 Å². The maximum atomic E-state index is 12.5. The van der Waals surface area contributed by atoms with Crippen molar-refractivity contribution in [2.75, 3.05) is 18.1 Å². The van der Waals surface area contributed by atoms with E-state index in [4.69, 9.17) is 4.74 Å². The molecule has 6 heteroatoms. The van der Waals surface area contributed by atoms with Crippen molar-refractivity contribution in [3.05, 3.63) is 52.9 Å². The number of benzene rings is 1. The monoisotopic (exact) mass is 353 g/mol. The number of nitrogens with zero attached hydrogens (tertiary/aromatic N) is 3. The van der Waals surface area contributed by atoms with Crippen LogP contribution in [0.25, 0.3) is 6.08 Å². The number of anilines is 1. The molecule has 0 fully saturated rings. The van der Waals surface area contributed by atoms with E-state index in [0.717, 1.165) is 41.0 Å². The Labute approximate surface area is 153 Å². The molecule has 0 radical (unpaired) electrons. The molecule has 0 aliphatic carbocycles. The molecule has 0 bridgehead atoms. The molecule has 6 nitrogen and oxygen atoms in total. The molecule has 1 aromatic carbocycles. The van der Waals surface area contributed by atoms with Crippen molar-refractivity contribution in [2.24, 2.45) is 7.05 Å². The van der Waals surface area contributed by atoms with Crippen LogP contribution in [-0.4, -0.2) is 34.8 Å². The Morgan fingerprint density at radius 1 is 1.27 bits per heavy atom. The number of esters is 1. The zero-order valence-electron chi connectivity index (χ0n) is 15.4. The molecular weight excluding hydrogens is 330 g/mol. The minimum atomic E-state index is -0.536. The molecule has 26 heavy (non-hydrogen) atoms.